The molecule has 0 fully saturated rings. The van der Waals surface area contributed by atoms with E-state index in [0.29, 0.717) is 5.56 Å². The lowest BCUT2D eigenvalue weighted by Crippen LogP contribution is -2.14. The van der Waals surface area contributed by atoms with E-state index in [1.54, 1.807) is 6.07 Å². The van der Waals surface area contributed by atoms with Gasteiger partial charge in [-0.2, -0.15) is 0 Å². The Kier molecular flexibility index (Phi) is 4.01. The van der Waals surface area contributed by atoms with Crippen molar-refractivity contribution in [1.82, 2.24) is 0 Å². The number of aliphatic carboxylic acids is 1. The van der Waals surface area contributed by atoms with Crippen LogP contribution in [0, 0.1) is 19.7 Å². The summed E-state index contributed by atoms with van der Waals surface area (Å²) in [7, 11) is 0. The highest BCUT2D eigenvalue weighted by atomic mass is 19.1. The number of rotatable bonds is 4. The summed E-state index contributed by atoms with van der Waals surface area (Å²) in [6.45, 7) is 3.70. The molecule has 0 saturated carbocycles. The molecule has 0 saturated heterocycles. The molecule has 1 atom stereocenters. The summed E-state index contributed by atoms with van der Waals surface area (Å²) in [6.07, 6.45) is 0.197. The summed E-state index contributed by atoms with van der Waals surface area (Å²) >= 11 is 0. The van der Waals surface area contributed by atoms with Crippen LogP contribution in [0.15, 0.2) is 12.1 Å². The van der Waals surface area contributed by atoms with Crippen LogP contribution in [0.3, 0.4) is 0 Å². The van der Waals surface area contributed by atoms with Crippen molar-refractivity contribution in [2.75, 3.05) is 0 Å². The van der Waals surface area contributed by atoms with E-state index in [2.05, 4.69) is 0 Å². The second-order valence-electron chi connectivity index (χ2n) is 4.00. The van der Waals surface area contributed by atoms with E-state index >= 15 is 0 Å². The van der Waals surface area contributed by atoms with Crippen LogP contribution in [-0.4, -0.2) is 11.1 Å². The smallest absolute Gasteiger partial charge is 0.303 e. The van der Waals surface area contributed by atoms with Crippen LogP contribution in [0.2, 0.25) is 0 Å². The van der Waals surface area contributed by atoms with E-state index in [4.69, 9.17) is 10.8 Å². The number of carboxylic acid groups (broad SMARTS) is 1. The van der Waals surface area contributed by atoms with Crippen LogP contribution >= 0.6 is 0 Å². The Bertz CT molecular complexity index is 404. The van der Waals surface area contributed by atoms with E-state index in [9.17, 15) is 9.18 Å². The maximum atomic E-state index is 13.6. The number of halogens is 1. The van der Waals surface area contributed by atoms with E-state index in [1.165, 1.54) is 6.07 Å². The molecule has 0 aliphatic rings. The Balaban J connectivity index is 2.86. The van der Waals surface area contributed by atoms with E-state index in [0.717, 1.165) is 11.1 Å². The van der Waals surface area contributed by atoms with Crippen molar-refractivity contribution in [2.45, 2.75) is 32.7 Å². The summed E-state index contributed by atoms with van der Waals surface area (Å²) in [5.74, 6) is -1.28. The van der Waals surface area contributed by atoms with Crippen LogP contribution < -0.4 is 5.73 Å². The number of nitrogens with two attached hydrogens (primary N) is 1. The molecule has 1 aromatic carbocycles. The summed E-state index contributed by atoms with van der Waals surface area (Å²) < 4.78 is 13.6. The van der Waals surface area contributed by atoms with Crippen molar-refractivity contribution in [3.63, 3.8) is 0 Å². The summed E-state index contributed by atoms with van der Waals surface area (Å²) in [5, 5.41) is 8.53. The van der Waals surface area contributed by atoms with Gasteiger partial charge in [0.15, 0.2) is 0 Å². The average Bonchev–Trinajstić information content (AvgIpc) is 2.20. The van der Waals surface area contributed by atoms with E-state index < -0.39 is 12.0 Å². The Hall–Kier alpha value is -1.42. The predicted octanol–water partition coefficient (Wildman–Crippen LogP) is 2.31. The first-order valence-electron chi connectivity index (χ1n) is 5.16. The quantitative estimate of drug-likeness (QED) is 0.826. The van der Waals surface area contributed by atoms with Crippen molar-refractivity contribution in [3.8, 4) is 0 Å². The van der Waals surface area contributed by atoms with Crippen molar-refractivity contribution in [3.05, 3.63) is 34.6 Å². The van der Waals surface area contributed by atoms with Gasteiger partial charge < -0.3 is 10.8 Å². The predicted molar refractivity (Wildman–Crippen MR) is 59.7 cm³/mol. The van der Waals surface area contributed by atoms with Gasteiger partial charge in [-0.25, -0.2) is 4.39 Å². The van der Waals surface area contributed by atoms with Crippen molar-refractivity contribution >= 4 is 5.97 Å². The molecule has 0 spiro atoms. The molecule has 4 heteroatoms. The van der Waals surface area contributed by atoms with Gasteiger partial charge in [-0.1, -0.05) is 6.07 Å². The maximum absolute atomic E-state index is 13.6. The minimum absolute atomic E-state index is 0.0481. The standard InChI is InChI=1S/C12H16FNO2/c1-7-5-9(10(13)6-8(7)2)11(14)3-4-12(15)16/h5-6,11H,3-4,14H2,1-2H3,(H,15,16). The van der Waals surface area contributed by atoms with Gasteiger partial charge in [-0.15, -0.1) is 0 Å². The molecular formula is C12H16FNO2. The molecule has 1 rings (SSSR count). The molecule has 16 heavy (non-hydrogen) atoms. The lowest BCUT2D eigenvalue weighted by Gasteiger charge is -2.13. The lowest BCUT2D eigenvalue weighted by atomic mass is 9.98. The molecule has 0 amide bonds. The molecule has 0 aliphatic carbocycles. The number of aryl methyl sites for hydroxylation is 2. The topological polar surface area (TPSA) is 63.3 Å². The third kappa shape index (κ3) is 3.03. The van der Waals surface area contributed by atoms with Crippen LogP contribution in [0.1, 0.15) is 35.6 Å². The van der Waals surface area contributed by atoms with Gasteiger partial charge in [0.05, 0.1) is 0 Å². The first kappa shape index (κ1) is 12.6. The Morgan fingerprint density at radius 2 is 2.00 bits per heavy atom. The largest absolute Gasteiger partial charge is 0.481 e. The SMILES string of the molecule is Cc1cc(F)c(C(N)CCC(=O)O)cc1C. The maximum Gasteiger partial charge on any atom is 0.303 e. The second kappa shape index (κ2) is 5.07. The van der Waals surface area contributed by atoms with Crippen molar-refractivity contribution in [2.24, 2.45) is 5.73 Å². The van der Waals surface area contributed by atoms with Crippen LogP contribution in [0.4, 0.5) is 4.39 Å². The monoisotopic (exact) mass is 225 g/mol. The highest BCUT2D eigenvalue weighted by Crippen LogP contribution is 2.22. The molecule has 3 N–H and O–H groups in total. The average molecular weight is 225 g/mol. The van der Waals surface area contributed by atoms with Crippen molar-refractivity contribution in [1.29, 1.82) is 0 Å². The minimum Gasteiger partial charge on any atom is -0.481 e. The summed E-state index contributed by atoms with van der Waals surface area (Å²) in [5.41, 5.74) is 7.98. The Morgan fingerprint density at radius 3 is 2.56 bits per heavy atom. The van der Waals surface area contributed by atoms with E-state index in [-0.39, 0.29) is 18.7 Å². The third-order valence-corrected chi connectivity index (χ3v) is 2.68. The molecule has 3 nitrogen and oxygen atoms in total. The first-order chi connectivity index (χ1) is 7.41. The number of hydrogen-bond acceptors (Lipinski definition) is 2. The molecule has 0 aliphatic heterocycles. The normalized spacial score (nSPS) is 12.5. The number of hydrogen-bond donors (Lipinski definition) is 2. The number of carboxylic acids is 1. The molecule has 88 valence electrons. The van der Waals surface area contributed by atoms with Gasteiger partial charge >= 0.3 is 5.97 Å². The molecule has 0 aromatic heterocycles. The Morgan fingerprint density at radius 1 is 1.44 bits per heavy atom. The summed E-state index contributed by atoms with van der Waals surface area (Å²) in [4.78, 5) is 10.4. The third-order valence-electron chi connectivity index (χ3n) is 2.68. The second-order valence-corrected chi connectivity index (χ2v) is 4.00. The van der Waals surface area contributed by atoms with Gasteiger partial charge in [0.1, 0.15) is 5.82 Å². The fourth-order valence-electron chi connectivity index (χ4n) is 1.52. The van der Waals surface area contributed by atoms with Gasteiger partial charge in [-0.05, 0) is 37.5 Å². The van der Waals surface area contributed by atoms with Gasteiger partial charge in [0.25, 0.3) is 0 Å². The van der Waals surface area contributed by atoms with Gasteiger partial charge in [-0.3, -0.25) is 4.79 Å². The zero-order valence-electron chi connectivity index (χ0n) is 9.46. The van der Waals surface area contributed by atoms with Crippen molar-refractivity contribution < 1.29 is 14.3 Å². The van der Waals surface area contributed by atoms with Gasteiger partial charge in [0.2, 0.25) is 0 Å². The number of carbonyl (C=O) groups is 1. The highest BCUT2D eigenvalue weighted by molar-refractivity contribution is 5.66. The molecule has 0 radical (unpaired) electrons. The zero-order valence-corrected chi connectivity index (χ0v) is 9.46. The first-order valence-corrected chi connectivity index (χ1v) is 5.16. The number of benzene rings is 1. The van der Waals surface area contributed by atoms with Crippen LogP contribution in [-0.2, 0) is 4.79 Å². The van der Waals surface area contributed by atoms with Gasteiger partial charge in [0, 0.05) is 18.0 Å². The van der Waals surface area contributed by atoms with E-state index in [1.807, 2.05) is 13.8 Å². The lowest BCUT2D eigenvalue weighted by molar-refractivity contribution is -0.137. The molecule has 1 unspecified atom stereocenters. The zero-order chi connectivity index (χ0) is 12.3. The van der Waals surface area contributed by atoms with Crippen LogP contribution in [0.25, 0.3) is 0 Å². The molecule has 1 aromatic rings. The minimum atomic E-state index is -0.917. The summed E-state index contributed by atoms with van der Waals surface area (Å²) in [6, 6.07) is 2.57. The fraction of sp³-hybridized carbons (Fsp3) is 0.417. The molecule has 0 bridgehead atoms. The molecular weight excluding hydrogens is 209 g/mol. The Labute approximate surface area is 94.1 Å². The van der Waals surface area contributed by atoms with Crippen LogP contribution in [0.5, 0.6) is 0 Å². The fourth-order valence-corrected chi connectivity index (χ4v) is 1.52. The molecule has 0 heterocycles. The highest BCUT2D eigenvalue weighted by Gasteiger charge is 2.14.